The van der Waals surface area contributed by atoms with E-state index in [1.807, 2.05) is 0 Å². The van der Waals surface area contributed by atoms with Crippen molar-refractivity contribution in [2.75, 3.05) is 10.2 Å². The van der Waals surface area contributed by atoms with Gasteiger partial charge in [-0.2, -0.15) is 0 Å². The fourth-order valence-electron chi connectivity index (χ4n) is 4.09. The van der Waals surface area contributed by atoms with Crippen molar-refractivity contribution >= 4 is 17.1 Å². The molecule has 1 atom stereocenters. The normalized spacial score (nSPS) is 12.9. The molecule has 0 aliphatic heterocycles. The minimum absolute atomic E-state index is 0.196. The molecule has 0 aromatic heterocycles. The molecule has 2 nitrogen and oxygen atoms in total. The van der Waals surface area contributed by atoms with Gasteiger partial charge >= 0.3 is 0 Å². The van der Waals surface area contributed by atoms with Crippen molar-refractivity contribution in [2.45, 2.75) is 25.3 Å². The van der Waals surface area contributed by atoms with E-state index in [1.54, 1.807) is 0 Å². The maximum atomic E-state index is 3.84. The van der Waals surface area contributed by atoms with E-state index in [9.17, 15) is 0 Å². The zero-order valence-corrected chi connectivity index (χ0v) is 18.6. The largest absolute Gasteiger partial charge is 0.375 e. The number of anilines is 3. The first kappa shape index (κ1) is 21.5. The van der Waals surface area contributed by atoms with E-state index in [-0.39, 0.29) is 5.54 Å². The number of nitrogens with zero attached hydrogens (tertiary/aromatic N) is 1. The van der Waals surface area contributed by atoms with Crippen LogP contribution in [-0.4, -0.2) is 0 Å². The molecule has 4 rings (SSSR count). The fourth-order valence-corrected chi connectivity index (χ4v) is 4.09. The summed E-state index contributed by atoms with van der Waals surface area (Å²) in [6.45, 7) is 2.25. The Bertz CT molecular complexity index is 1050. The summed E-state index contributed by atoms with van der Waals surface area (Å²) in [6, 6.07) is 42.2. The van der Waals surface area contributed by atoms with Crippen LogP contribution in [-0.2, 0) is 5.54 Å². The molecule has 160 valence electrons. The Morgan fingerprint density at radius 3 is 1.62 bits per heavy atom. The maximum Gasteiger partial charge on any atom is 0.0657 e. The number of para-hydroxylation sites is 3. The maximum absolute atomic E-state index is 3.84. The number of benzene rings is 4. The van der Waals surface area contributed by atoms with Crippen molar-refractivity contribution < 1.29 is 0 Å². The molecule has 4 aromatic carbocycles. The molecule has 1 unspecified atom stereocenters. The van der Waals surface area contributed by atoms with E-state index in [1.165, 1.54) is 5.56 Å². The van der Waals surface area contributed by atoms with E-state index >= 15 is 0 Å². The standard InChI is InChI=1S/C30H30N2/c1-2-30(26-16-7-3-8-17-26,31-27-18-9-4-10-19-27)24-15-25-32(28-20-11-5-12-21-28)29-22-13-6-14-23-29/h3-23,25,31H,2,24H2,1H3/b25-15+. The molecule has 0 saturated carbocycles. The van der Waals surface area contributed by atoms with Crippen LogP contribution in [0.4, 0.5) is 17.1 Å². The molecule has 0 aliphatic carbocycles. The second-order valence-electron chi connectivity index (χ2n) is 7.92. The highest BCUT2D eigenvalue weighted by molar-refractivity contribution is 5.65. The molecular formula is C30H30N2. The molecule has 0 spiro atoms. The van der Waals surface area contributed by atoms with Crippen molar-refractivity contribution in [1.29, 1.82) is 0 Å². The Hall–Kier alpha value is -3.78. The van der Waals surface area contributed by atoms with E-state index in [0.29, 0.717) is 0 Å². The van der Waals surface area contributed by atoms with Gasteiger partial charge in [0.05, 0.1) is 5.54 Å². The molecule has 1 N–H and O–H groups in total. The Morgan fingerprint density at radius 2 is 1.12 bits per heavy atom. The van der Waals surface area contributed by atoms with Crippen LogP contribution in [0.25, 0.3) is 0 Å². The third kappa shape index (κ3) is 5.09. The van der Waals surface area contributed by atoms with Gasteiger partial charge in [0.15, 0.2) is 0 Å². The van der Waals surface area contributed by atoms with E-state index in [4.69, 9.17) is 0 Å². The van der Waals surface area contributed by atoms with Crippen molar-refractivity contribution in [3.63, 3.8) is 0 Å². The van der Waals surface area contributed by atoms with E-state index in [0.717, 1.165) is 29.9 Å². The van der Waals surface area contributed by atoms with E-state index in [2.05, 4.69) is 151 Å². The highest BCUT2D eigenvalue weighted by Gasteiger charge is 2.29. The van der Waals surface area contributed by atoms with Gasteiger partial charge in [-0.15, -0.1) is 0 Å². The van der Waals surface area contributed by atoms with Gasteiger partial charge in [-0.05, 0) is 54.8 Å². The molecule has 0 fully saturated rings. The lowest BCUT2D eigenvalue weighted by Crippen LogP contribution is -2.34. The molecule has 0 bridgehead atoms. The Morgan fingerprint density at radius 1 is 0.656 bits per heavy atom. The first-order valence-electron chi connectivity index (χ1n) is 11.3. The summed E-state index contributed by atoms with van der Waals surface area (Å²) in [4.78, 5) is 2.24. The average Bonchev–Trinajstić information content (AvgIpc) is 2.88. The molecule has 0 amide bonds. The van der Waals surface area contributed by atoms with Gasteiger partial charge in [0.25, 0.3) is 0 Å². The third-order valence-electron chi connectivity index (χ3n) is 5.88. The van der Waals surface area contributed by atoms with Crippen LogP contribution in [0.2, 0.25) is 0 Å². The Labute approximate surface area is 191 Å². The number of hydrogen-bond donors (Lipinski definition) is 1. The zero-order valence-electron chi connectivity index (χ0n) is 18.6. The smallest absolute Gasteiger partial charge is 0.0657 e. The molecular weight excluding hydrogens is 388 g/mol. The van der Waals surface area contributed by atoms with Gasteiger partial charge in [0.1, 0.15) is 0 Å². The summed E-state index contributed by atoms with van der Waals surface area (Å²) in [5.41, 5.74) is 4.52. The lowest BCUT2D eigenvalue weighted by atomic mass is 9.83. The Kier molecular flexibility index (Phi) is 7.04. The van der Waals surface area contributed by atoms with Gasteiger partial charge < -0.3 is 10.2 Å². The summed E-state index contributed by atoms with van der Waals surface area (Å²) in [6.07, 6.45) is 6.31. The molecule has 0 radical (unpaired) electrons. The predicted molar refractivity (Wildman–Crippen MR) is 137 cm³/mol. The summed E-state index contributed by atoms with van der Waals surface area (Å²) in [5, 5.41) is 3.84. The topological polar surface area (TPSA) is 15.3 Å². The highest BCUT2D eigenvalue weighted by atomic mass is 15.1. The lowest BCUT2D eigenvalue weighted by molar-refractivity contribution is 0.477. The summed E-state index contributed by atoms with van der Waals surface area (Å²) >= 11 is 0. The van der Waals surface area contributed by atoms with Gasteiger partial charge in [-0.1, -0.05) is 97.9 Å². The number of nitrogens with one attached hydrogen (secondary N) is 1. The number of hydrogen-bond acceptors (Lipinski definition) is 2. The van der Waals surface area contributed by atoms with Crippen LogP contribution >= 0.6 is 0 Å². The van der Waals surface area contributed by atoms with Crippen LogP contribution < -0.4 is 10.2 Å². The minimum atomic E-state index is -0.196. The molecule has 4 aromatic rings. The van der Waals surface area contributed by atoms with Crippen molar-refractivity contribution in [2.24, 2.45) is 0 Å². The van der Waals surface area contributed by atoms with Crippen LogP contribution in [0.15, 0.2) is 134 Å². The fraction of sp³-hybridized carbons (Fsp3) is 0.133. The molecule has 32 heavy (non-hydrogen) atoms. The first-order chi connectivity index (χ1) is 15.8. The second kappa shape index (κ2) is 10.5. The number of rotatable bonds is 9. The van der Waals surface area contributed by atoms with Crippen LogP contribution in [0.5, 0.6) is 0 Å². The Balaban J connectivity index is 1.66. The highest BCUT2D eigenvalue weighted by Crippen LogP contribution is 2.34. The van der Waals surface area contributed by atoms with Crippen molar-refractivity contribution in [1.82, 2.24) is 0 Å². The van der Waals surface area contributed by atoms with Gasteiger partial charge in [-0.3, -0.25) is 0 Å². The average molecular weight is 419 g/mol. The molecule has 2 heteroatoms. The lowest BCUT2D eigenvalue weighted by Gasteiger charge is -2.35. The van der Waals surface area contributed by atoms with Gasteiger partial charge in [0, 0.05) is 23.3 Å². The van der Waals surface area contributed by atoms with Gasteiger partial charge in [0.2, 0.25) is 0 Å². The van der Waals surface area contributed by atoms with Crippen LogP contribution in [0, 0.1) is 0 Å². The quantitative estimate of drug-likeness (QED) is 0.295. The summed E-state index contributed by atoms with van der Waals surface area (Å²) in [7, 11) is 0. The van der Waals surface area contributed by atoms with Crippen molar-refractivity contribution in [3.8, 4) is 0 Å². The second-order valence-corrected chi connectivity index (χ2v) is 7.92. The third-order valence-corrected chi connectivity index (χ3v) is 5.88. The monoisotopic (exact) mass is 418 g/mol. The first-order valence-corrected chi connectivity index (χ1v) is 11.3. The molecule has 0 aliphatic rings. The SMILES string of the molecule is CCC(C/C=C/N(c1ccccc1)c1ccccc1)(Nc1ccccc1)c1ccccc1. The van der Waals surface area contributed by atoms with E-state index < -0.39 is 0 Å². The van der Waals surface area contributed by atoms with Gasteiger partial charge in [-0.25, -0.2) is 0 Å². The predicted octanol–water partition coefficient (Wildman–Crippen LogP) is 8.15. The summed E-state index contributed by atoms with van der Waals surface area (Å²) < 4.78 is 0. The van der Waals surface area contributed by atoms with Crippen LogP contribution in [0.1, 0.15) is 25.3 Å². The zero-order chi connectivity index (χ0) is 22.1. The molecule has 0 heterocycles. The minimum Gasteiger partial charge on any atom is -0.375 e. The van der Waals surface area contributed by atoms with Crippen molar-refractivity contribution in [3.05, 3.63) is 139 Å². The summed E-state index contributed by atoms with van der Waals surface area (Å²) in [5.74, 6) is 0. The van der Waals surface area contributed by atoms with Crippen LogP contribution in [0.3, 0.4) is 0 Å². The molecule has 0 saturated heterocycles.